The fourth-order valence-electron chi connectivity index (χ4n) is 2.65. The van der Waals surface area contributed by atoms with Crippen molar-refractivity contribution in [1.29, 1.82) is 0 Å². The van der Waals surface area contributed by atoms with E-state index in [0.717, 1.165) is 23.6 Å². The molecule has 6 nitrogen and oxygen atoms in total. The summed E-state index contributed by atoms with van der Waals surface area (Å²) in [6.45, 7) is 2.06. The quantitative estimate of drug-likeness (QED) is 0.653. The minimum absolute atomic E-state index is 0.673. The van der Waals surface area contributed by atoms with Gasteiger partial charge in [-0.2, -0.15) is 0 Å². The summed E-state index contributed by atoms with van der Waals surface area (Å²) in [5, 5.41) is 6.62. The molecule has 0 saturated carbocycles. The first-order valence-corrected chi connectivity index (χ1v) is 8.79. The molecule has 0 saturated heterocycles. The van der Waals surface area contributed by atoms with Crippen LogP contribution in [0.5, 0.6) is 11.5 Å². The van der Waals surface area contributed by atoms with E-state index >= 15 is 0 Å². The zero-order valence-electron chi connectivity index (χ0n) is 15.6. The molecule has 26 heavy (non-hydrogen) atoms. The number of guanidine groups is 1. The molecule has 1 aliphatic rings. The van der Waals surface area contributed by atoms with Crippen molar-refractivity contribution >= 4 is 17.3 Å². The summed E-state index contributed by atoms with van der Waals surface area (Å²) in [5.74, 6) is 2.26. The second-order valence-corrected chi connectivity index (χ2v) is 6.32. The number of hydrogen-bond donors (Lipinski definition) is 2. The van der Waals surface area contributed by atoms with Crippen LogP contribution >= 0.6 is 0 Å². The molecule has 1 heterocycles. The third-order valence-corrected chi connectivity index (χ3v) is 4.15. The first kappa shape index (κ1) is 17.9. The maximum atomic E-state index is 5.73. The highest BCUT2D eigenvalue weighted by molar-refractivity contribution is 5.93. The van der Waals surface area contributed by atoms with E-state index in [9.17, 15) is 0 Å². The number of fused-ring (bicyclic) bond motifs is 1. The Morgan fingerprint density at radius 1 is 1.04 bits per heavy atom. The van der Waals surface area contributed by atoms with Gasteiger partial charge < -0.3 is 25.0 Å². The van der Waals surface area contributed by atoms with Crippen molar-refractivity contribution in [3.05, 3.63) is 48.0 Å². The number of nitrogens with zero attached hydrogens (tertiary/aromatic N) is 2. The molecule has 0 aromatic heterocycles. The molecule has 0 fully saturated rings. The number of benzene rings is 2. The van der Waals surface area contributed by atoms with Crippen LogP contribution in [0.4, 0.5) is 11.4 Å². The van der Waals surface area contributed by atoms with Gasteiger partial charge in [-0.15, -0.1) is 0 Å². The van der Waals surface area contributed by atoms with Crippen LogP contribution in [0.3, 0.4) is 0 Å². The Bertz CT molecular complexity index is 757. The fraction of sp³-hybridized carbons (Fsp3) is 0.350. The summed E-state index contributed by atoms with van der Waals surface area (Å²) >= 11 is 0. The fourth-order valence-corrected chi connectivity index (χ4v) is 2.65. The topological polar surface area (TPSA) is 58.1 Å². The van der Waals surface area contributed by atoms with Gasteiger partial charge in [0.15, 0.2) is 17.5 Å². The van der Waals surface area contributed by atoms with E-state index in [1.165, 1.54) is 11.3 Å². The van der Waals surface area contributed by atoms with E-state index in [4.69, 9.17) is 9.47 Å². The van der Waals surface area contributed by atoms with Gasteiger partial charge >= 0.3 is 0 Å². The molecule has 0 atom stereocenters. The van der Waals surface area contributed by atoms with E-state index in [1.807, 2.05) is 32.3 Å². The largest absolute Gasteiger partial charge is 0.490 e. The van der Waals surface area contributed by atoms with Gasteiger partial charge in [0.1, 0.15) is 0 Å². The molecular weight excluding hydrogens is 328 g/mol. The van der Waals surface area contributed by atoms with Crippen LogP contribution in [0.2, 0.25) is 0 Å². The normalized spacial score (nSPS) is 13.7. The number of ether oxygens (including phenoxy) is 2. The average Bonchev–Trinajstić information content (AvgIpc) is 2.90. The summed E-state index contributed by atoms with van der Waals surface area (Å²) in [5.41, 5.74) is 3.28. The molecule has 1 aliphatic heterocycles. The highest BCUT2D eigenvalue weighted by atomic mass is 16.5. The lowest BCUT2D eigenvalue weighted by atomic mass is 10.2. The van der Waals surface area contributed by atoms with Crippen molar-refractivity contribution in [3.63, 3.8) is 0 Å². The van der Waals surface area contributed by atoms with Gasteiger partial charge in [-0.05, 0) is 29.8 Å². The maximum Gasteiger partial charge on any atom is 0.195 e. The molecule has 0 aliphatic carbocycles. The van der Waals surface area contributed by atoms with Crippen molar-refractivity contribution in [1.82, 2.24) is 5.32 Å². The van der Waals surface area contributed by atoms with Crippen LogP contribution < -0.4 is 25.0 Å². The van der Waals surface area contributed by atoms with E-state index in [0.29, 0.717) is 25.7 Å². The van der Waals surface area contributed by atoms with Crippen molar-refractivity contribution in [2.75, 3.05) is 44.6 Å². The number of aliphatic imine (C=N–C) groups is 1. The van der Waals surface area contributed by atoms with Crippen molar-refractivity contribution in [3.8, 4) is 11.5 Å². The molecule has 2 aromatic rings. The molecule has 6 heteroatoms. The monoisotopic (exact) mass is 354 g/mol. The van der Waals surface area contributed by atoms with Crippen LogP contribution in [0, 0.1) is 0 Å². The number of rotatable bonds is 4. The van der Waals surface area contributed by atoms with Crippen LogP contribution in [-0.4, -0.2) is 40.3 Å². The number of nitrogens with one attached hydrogen (secondary N) is 2. The lowest BCUT2D eigenvalue weighted by molar-refractivity contribution is 0.297. The summed E-state index contributed by atoms with van der Waals surface area (Å²) in [6, 6.07) is 14.3. The third-order valence-electron chi connectivity index (χ3n) is 4.15. The smallest absolute Gasteiger partial charge is 0.195 e. The highest BCUT2D eigenvalue weighted by Gasteiger charge is 2.11. The van der Waals surface area contributed by atoms with Gasteiger partial charge in [-0.3, -0.25) is 4.99 Å². The van der Waals surface area contributed by atoms with E-state index in [2.05, 4.69) is 44.8 Å². The SMILES string of the molecule is CN=C(NCc1ccc(N(C)C)cc1)Nc1ccc2c(c1)OCCCO2. The molecular formula is C20H26N4O2. The second-order valence-electron chi connectivity index (χ2n) is 6.32. The Balaban J connectivity index is 1.60. The predicted molar refractivity (Wildman–Crippen MR) is 107 cm³/mol. The Hall–Kier alpha value is -2.89. The minimum atomic E-state index is 0.673. The summed E-state index contributed by atoms with van der Waals surface area (Å²) in [4.78, 5) is 6.37. The highest BCUT2D eigenvalue weighted by Crippen LogP contribution is 2.32. The maximum absolute atomic E-state index is 5.73. The van der Waals surface area contributed by atoms with E-state index in [1.54, 1.807) is 7.05 Å². The van der Waals surface area contributed by atoms with Gasteiger partial charge in [0.05, 0.1) is 13.2 Å². The van der Waals surface area contributed by atoms with Gasteiger partial charge in [0, 0.05) is 51.5 Å². The van der Waals surface area contributed by atoms with Gasteiger partial charge in [0.2, 0.25) is 0 Å². The summed E-state index contributed by atoms with van der Waals surface area (Å²) in [6.07, 6.45) is 0.896. The predicted octanol–water partition coefficient (Wildman–Crippen LogP) is 3.10. The van der Waals surface area contributed by atoms with Gasteiger partial charge in [-0.25, -0.2) is 0 Å². The van der Waals surface area contributed by atoms with Crippen molar-refractivity contribution < 1.29 is 9.47 Å². The Labute approximate surface area is 154 Å². The molecule has 0 unspecified atom stereocenters. The molecule has 3 rings (SSSR count). The van der Waals surface area contributed by atoms with Gasteiger partial charge in [-0.1, -0.05) is 12.1 Å². The van der Waals surface area contributed by atoms with E-state index in [-0.39, 0.29) is 0 Å². The lowest BCUT2D eigenvalue weighted by Crippen LogP contribution is -2.30. The molecule has 0 amide bonds. The minimum Gasteiger partial charge on any atom is -0.490 e. The third kappa shape index (κ3) is 4.59. The molecule has 138 valence electrons. The number of anilines is 2. The molecule has 2 N–H and O–H groups in total. The second kappa shape index (κ2) is 8.47. The summed E-state index contributed by atoms with van der Waals surface area (Å²) in [7, 11) is 5.83. The van der Waals surface area contributed by atoms with Crippen LogP contribution in [0.25, 0.3) is 0 Å². The lowest BCUT2D eigenvalue weighted by Gasteiger charge is -2.15. The van der Waals surface area contributed by atoms with Crippen LogP contribution in [0.1, 0.15) is 12.0 Å². The first-order valence-electron chi connectivity index (χ1n) is 8.79. The van der Waals surface area contributed by atoms with Gasteiger partial charge in [0.25, 0.3) is 0 Å². The standard InChI is InChI=1S/C20H26N4O2/c1-21-20(22-14-15-5-8-17(9-6-15)24(2)3)23-16-7-10-18-19(13-16)26-12-4-11-25-18/h5-10,13H,4,11-12,14H2,1-3H3,(H2,21,22,23). The molecule has 2 aromatic carbocycles. The molecule has 0 spiro atoms. The van der Waals surface area contributed by atoms with Crippen molar-refractivity contribution in [2.45, 2.75) is 13.0 Å². The average molecular weight is 354 g/mol. The Morgan fingerprint density at radius 2 is 1.77 bits per heavy atom. The summed E-state index contributed by atoms with van der Waals surface area (Å²) < 4.78 is 11.4. The van der Waals surface area contributed by atoms with Crippen molar-refractivity contribution in [2.24, 2.45) is 4.99 Å². The van der Waals surface area contributed by atoms with Crippen LogP contribution in [-0.2, 0) is 6.54 Å². The zero-order chi connectivity index (χ0) is 18.4. The Kier molecular flexibility index (Phi) is 5.84. The van der Waals surface area contributed by atoms with Crippen LogP contribution in [0.15, 0.2) is 47.5 Å². The molecule has 0 bridgehead atoms. The molecule has 0 radical (unpaired) electrons. The number of hydrogen-bond acceptors (Lipinski definition) is 4. The first-order chi connectivity index (χ1) is 12.7. The van der Waals surface area contributed by atoms with E-state index < -0.39 is 0 Å². The zero-order valence-corrected chi connectivity index (χ0v) is 15.6. The Morgan fingerprint density at radius 3 is 2.46 bits per heavy atom.